The summed E-state index contributed by atoms with van der Waals surface area (Å²) in [5.74, 6) is -0.184. The molecule has 3 rings (SSSR count). The molecule has 1 fully saturated rings. The molecule has 0 unspecified atom stereocenters. The molecule has 0 amide bonds. The average molecular weight is 245 g/mol. The molecule has 1 heterocycles. The van der Waals surface area contributed by atoms with Crippen LogP contribution in [0, 0.1) is 0 Å². The first-order valence-electron chi connectivity index (χ1n) is 6.22. The van der Waals surface area contributed by atoms with Gasteiger partial charge in [-0.2, -0.15) is 0 Å². The molecule has 94 valence electrons. The molecule has 3 N–H and O–H groups in total. The van der Waals surface area contributed by atoms with Crippen molar-refractivity contribution < 1.29 is 9.90 Å². The number of aromatic amines is 1. The second-order valence-corrected chi connectivity index (χ2v) is 4.75. The van der Waals surface area contributed by atoms with Gasteiger partial charge in [0.2, 0.25) is 5.95 Å². The zero-order valence-corrected chi connectivity index (χ0v) is 9.94. The second-order valence-electron chi connectivity index (χ2n) is 4.75. The Kier molecular flexibility index (Phi) is 2.66. The summed E-state index contributed by atoms with van der Waals surface area (Å²) in [6.45, 7) is 0. The molecule has 18 heavy (non-hydrogen) atoms. The molecule has 0 spiro atoms. The van der Waals surface area contributed by atoms with Crippen molar-refractivity contribution in [2.45, 2.75) is 31.7 Å². The Morgan fingerprint density at radius 3 is 2.89 bits per heavy atom. The lowest BCUT2D eigenvalue weighted by Crippen LogP contribution is -2.15. The van der Waals surface area contributed by atoms with Gasteiger partial charge in [0, 0.05) is 6.04 Å². The number of benzene rings is 1. The van der Waals surface area contributed by atoms with Gasteiger partial charge < -0.3 is 15.4 Å². The summed E-state index contributed by atoms with van der Waals surface area (Å²) in [6.07, 6.45) is 4.89. The molecule has 0 radical (unpaired) electrons. The number of rotatable bonds is 3. The maximum absolute atomic E-state index is 10.9. The number of carboxylic acid groups (broad SMARTS) is 1. The average Bonchev–Trinajstić information content (AvgIpc) is 2.96. The number of anilines is 1. The van der Waals surface area contributed by atoms with Gasteiger partial charge in [-0.1, -0.05) is 12.8 Å². The van der Waals surface area contributed by atoms with Crippen LogP contribution in [-0.4, -0.2) is 27.1 Å². The van der Waals surface area contributed by atoms with E-state index < -0.39 is 5.97 Å². The third kappa shape index (κ3) is 2.03. The minimum Gasteiger partial charge on any atom is -0.478 e. The molecule has 1 aliphatic carbocycles. The third-order valence-corrected chi connectivity index (χ3v) is 3.42. The maximum Gasteiger partial charge on any atom is 0.335 e. The molecule has 5 heteroatoms. The Morgan fingerprint density at radius 2 is 2.17 bits per heavy atom. The van der Waals surface area contributed by atoms with Crippen LogP contribution in [0.1, 0.15) is 36.0 Å². The smallest absolute Gasteiger partial charge is 0.335 e. The van der Waals surface area contributed by atoms with Crippen LogP contribution in [0.15, 0.2) is 18.2 Å². The molecule has 1 saturated carbocycles. The zero-order chi connectivity index (χ0) is 12.5. The van der Waals surface area contributed by atoms with Gasteiger partial charge in [-0.15, -0.1) is 0 Å². The molecule has 0 bridgehead atoms. The van der Waals surface area contributed by atoms with E-state index in [1.54, 1.807) is 18.2 Å². The fraction of sp³-hybridized carbons (Fsp3) is 0.385. The molecule has 0 aliphatic heterocycles. The summed E-state index contributed by atoms with van der Waals surface area (Å²) < 4.78 is 0. The van der Waals surface area contributed by atoms with E-state index in [0.29, 0.717) is 6.04 Å². The number of fused-ring (bicyclic) bond motifs is 1. The van der Waals surface area contributed by atoms with Crippen molar-refractivity contribution in [1.29, 1.82) is 0 Å². The van der Waals surface area contributed by atoms with Crippen LogP contribution >= 0.6 is 0 Å². The molecular formula is C13H15N3O2. The van der Waals surface area contributed by atoms with Crippen molar-refractivity contribution in [3.63, 3.8) is 0 Å². The number of hydrogen-bond donors (Lipinski definition) is 3. The van der Waals surface area contributed by atoms with Gasteiger partial charge in [0.1, 0.15) is 0 Å². The number of nitrogens with one attached hydrogen (secondary N) is 2. The second kappa shape index (κ2) is 4.33. The fourth-order valence-electron chi connectivity index (χ4n) is 2.47. The number of carbonyl (C=O) groups is 1. The molecule has 1 aliphatic rings. The van der Waals surface area contributed by atoms with E-state index in [1.807, 2.05) is 0 Å². The van der Waals surface area contributed by atoms with E-state index in [9.17, 15) is 4.79 Å². The minimum absolute atomic E-state index is 0.276. The molecule has 1 aromatic carbocycles. The highest BCUT2D eigenvalue weighted by atomic mass is 16.4. The SMILES string of the molecule is O=C(O)c1ccc2nc(NC3CCCC3)[nH]c2c1. The first kappa shape index (κ1) is 11.1. The minimum atomic E-state index is -0.920. The van der Waals surface area contributed by atoms with E-state index in [1.165, 1.54) is 25.7 Å². The van der Waals surface area contributed by atoms with E-state index in [0.717, 1.165) is 17.0 Å². The topological polar surface area (TPSA) is 78.0 Å². The quantitative estimate of drug-likeness (QED) is 0.776. The van der Waals surface area contributed by atoms with Crippen LogP contribution in [-0.2, 0) is 0 Å². The summed E-state index contributed by atoms with van der Waals surface area (Å²) >= 11 is 0. The lowest BCUT2D eigenvalue weighted by Gasteiger charge is -2.09. The largest absolute Gasteiger partial charge is 0.478 e. The summed E-state index contributed by atoms with van der Waals surface area (Å²) in [7, 11) is 0. The van der Waals surface area contributed by atoms with Crippen molar-refractivity contribution in [3.05, 3.63) is 23.8 Å². The molecule has 1 aromatic heterocycles. The van der Waals surface area contributed by atoms with Crippen LogP contribution in [0.4, 0.5) is 5.95 Å². The van der Waals surface area contributed by atoms with E-state index >= 15 is 0 Å². The van der Waals surface area contributed by atoms with Crippen molar-refractivity contribution in [2.75, 3.05) is 5.32 Å². The summed E-state index contributed by atoms with van der Waals surface area (Å²) in [5, 5.41) is 12.3. The normalized spacial score (nSPS) is 16.2. The number of aromatic nitrogens is 2. The number of carboxylic acids is 1. The van der Waals surface area contributed by atoms with Crippen LogP contribution < -0.4 is 5.32 Å². The van der Waals surface area contributed by atoms with Crippen LogP contribution in [0.5, 0.6) is 0 Å². The first-order valence-corrected chi connectivity index (χ1v) is 6.22. The van der Waals surface area contributed by atoms with Gasteiger partial charge in [-0.3, -0.25) is 0 Å². The van der Waals surface area contributed by atoms with Crippen LogP contribution in [0.2, 0.25) is 0 Å². The van der Waals surface area contributed by atoms with E-state index in [2.05, 4.69) is 15.3 Å². The standard InChI is InChI=1S/C13H15N3O2/c17-12(18)8-5-6-10-11(7-8)16-13(15-10)14-9-3-1-2-4-9/h5-7,9H,1-4H2,(H,17,18)(H2,14,15,16). The molecule has 0 saturated heterocycles. The number of hydrogen-bond acceptors (Lipinski definition) is 3. The lowest BCUT2D eigenvalue weighted by molar-refractivity contribution is 0.0697. The Morgan fingerprint density at radius 1 is 1.39 bits per heavy atom. The van der Waals surface area contributed by atoms with Crippen LogP contribution in [0.3, 0.4) is 0 Å². The van der Waals surface area contributed by atoms with Gasteiger partial charge in [0.05, 0.1) is 16.6 Å². The molecule has 2 aromatic rings. The van der Waals surface area contributed by atoms with Crippen LogP contribution in [0.25, 0.3) is 11.0 Å². The third-order valence-electron chi connectivity index (χ3n) is 3.42. The molecule has 0 atom stereocenters. The van der Waals surface area contributed by atoms with Gasteiger partial charge in [0.15, 0.2) is 0 Å². The van der Waals surface area contributed by atoms with E-state index in [-0.39, 0.29) is 5.56 Å². The number of H-pyrrole nitrogens is 1. The monoisotopic (exact) mass is 245 g/mol. The number of nitrogens with zero attached hydrogens (tertiary/aromatic N) is 1. The summed E-state index contributed by atoms with van der Waals surface area (Å²) in [5.41, 5.74) is 1.83. The highest BCUT2D eigenvalue weighted by molar-refractivity contribution is 5.92. The highest BCUT2D eigenvalue weighted by Crippen LogP contribution is 2.22. The van der Waals surface area contributed by atoms with Gasteiger partial charge in [-0.25, -0.2) is 9.78 Å². The summed E-state index contributed by atoms with van der Waals surface area (Å²) in [6, 6.07) is 5.41. The maximum atomic E-state index is 10.9. The Bertz CT molecular complexity index is 585. The highest BCUT2D eigenvalue weighted by Gasteiger charge is 2.16. The predicted octanol–water partition coefficient (Wildman–Crippen LogP) is 2.62. The number of aromatic carboxylic acids is 1. The Balaban J connectivity index is 1.87. The fourth-order valence-corrected chi connectivity index (χ4v) is 2.47. The zero-order valence-electron chi connectivity index (χ0n) is 9.94. The van der Waals surface area contributed by atoms with Crippen molar-refractivity contribution in [2.24, 2.45) is 0 Å². The van der Waals surface area contributed by atoms with E-state index in [4.69, 9.17) is 5.11 Å². The Hall–Kier alpha value is -2.04. The number of imidazole rings is 1. The van der Waals surface area contributed by atoms with Crippen molar-refractivity contribution >= 4 is 23.0 Å². The van der Waals surface area contributed by atoms with Crippen molar-refractivity contribution in [3.8, 4) is 0 Å². The Labute approximate surface area is 104 Å². The van der Waals surface area contributed by atoms with Gasteiger partial charge in [-0.05, 0) is 31.0 Å². The van der Waals surface area contributed by atoms with Gasteiger partial charge in [0.25, 0.3) is 0 Å². The van der Waals surface area contributed by atoms with Crippen molar-refractivity contribution in [1.82, 2.24) is 9.97 Å². The molecule has 5 nitrogen and oxygen atoms in total. The van der Waals surface area contributed by atoms with Gasteiger partial charge >= 0.3 is 5.97 Å². The molecular weight excluding hydrogens is 230 g/mol. The first-order chi connectivity index (χ1) is 8.72. The lowest BCUT2D eigenvalue weighted by atomic mass is 10.2. The summed E-state index contributed by atoms with van der Waals surface area (Å²) in [4.78, 5) is 18.4. The predicted molar refractivity (Wildman–Crippen MR) is 68.9 cm³/mol.